The first-order chi connectivity index (χ1) is 26.5. The van der Waals surface area contributed by atoms with Crippen LogP contribution in [0.5, 0.6) is 11.5 Å². The molecule has 296 valence electrons. The van der Waals surface area contributed by atoms with Crippen molar-refractivity contribution in [2.45, 2.75) is 46.1 Å². The minimum Gasteiger partial charge on any atom is -0.507 e. The van der Waals surface area contributed by atoms with E-state index in [0.29, 0.717) is 38.7 Å². The summed E-state index contributed by atoms with van der Waals surface area (Å²) in [5.41, 5.74) is 2.19. The van der Waals surface area contributed by atoms with Crippen molar-refractivity contribution in [2.24, 2.45) is 0 Å². The van der Waals surface area contributed by atoms with E-state index in [2.05, 4.69) is 36.0 Å². The number of benzene rings is 5. The number of anilines is 1. The fourth-order valence-corrected chi connectivity index (χ4v) is 6.60. The Bertz CT molecular complexity index is 2350. The quantitative estimate of drug-likeness (QED) is 0.0578. The van der Waals surface area contributed by atoms with Gasteiger partial charge in [0.1, 0.15) is 22.6 Å². The van der Waals surface area contributed by atoms with Gasteiger partial charge in [0.15, 0.2) is 0 Å². The Morgan fingerprint density at radius 1 is 0.786 bits per heavy atom. The molecule has 0 aliphatic rings. The third-order valence-corrected chi connectivity index (χ3v) is 9.42. The van der Waals surface area contributed by atoms with Crippen LogP contribution in [-0.2, 0) is 16.8 Å². The minimum atomic E-state index is -4.67. The van der Waals surface area contributed by atoms with Crippen LogP contribution in [-0.4, -0.2) is 85.4 Å². The molecule has 6 rings (SSSR count). The van der Waals surface area contributed by atoms with Gasteiger partial charge in [-0.25, -0.2) is 9.59 Å². The van der Waals surface area contributed by atoms with Crippen molar-refractivity contribution < 1.29 is 47.5 Å². The number of hydrogen-bond donors (Lipinski definition) is 7. The molecule has 56 heavy (non-hydrogen) atoms. The average molecular weight is 806 g/mol. The van der Waals surface area contributed by atoms with Gasteiger partial charge in [-0.2, -0.15) is 8.42 Å². The molecular weight excluding hydrogens is 762 g/mol. The molecule has 0 spiro atoms. The van der Waals surface area contributed by atoms with Crippen LogP contribution in [0.4, 0.5) is 5.69 Å². The Kier molecular flexibility index (Phi) is 15.0. The van der Waals surface area contributed by atoms with E-state index in [-0.39, 0.29) is 17.5 Å². The minimum absolute atomic E-state index is 0.0407. The number of nitrogens with one attached hydrogen (secondary N) is 1. The molecule has 0 aliphatic heterocycles. The van der Waals surface area contributed by atoms with Crippen LogP contribution >= 0.6 is 11.6 Å². The summed E-state index contributed by atoms with van der Waals surface area (Å²) in [6.07, 6.45) is 4.17. The first-order valence-electron chi connectivity index (χ1n) is 17.7. The fraction of sp³-hybridized carbons (Fsp3) is 0.244. The van der Waals surface area contributed by atoms with Crippen LogP contribution < -0.4 is 5.32 Å². The topological polar surface area (TPSA) is 218 Å². The second-order valence-electron chi connectivity index (χ2n) is 12.9. The maximum atomic E-state index is 11.6. The van der Waals surface area contributed by atoms with Crippen molar-refractivity contribution in [1.29, 1.82) is 0 Å². The van der Waals surface area contributed by atoms with Crippen LogP contribution in [0.1, 0.15) is 65.5 Å². The van der Waals surface area contributed by atoms with Gasteiger partial charge < -0.3 is 30.6 Å². The second-order valence-corrected chi connectivity index (χ2v) is 14.2. The molecule has 0 bridgehead atoms. The van der Waals surface area contributed by atoms with E-state index in [9.17, 15) is 30.0 Å². The number of carboxylic acid groups (broad SMARTS) is 2. The summed E-state index contributed by atoms with van der Waals surface area (Å²) in [7, 11) is -4.67. The van der Waals surface area contributed by atoms with Crippen LogP contribution in [0.25, 0.3) is 32.4 Å². The molecule has 0 saturated heterocycles. The van der Waals surface area contributed by atoms with Crippen molar-refractivity contribution in [1.82, 2.24) is 9.88 Å². The number of nitrogens with zero attached hydrogens (tertiary/aromatic N) is 2. The molecule has 1 unspecified atom stereocenters. The number of hydrogen-bond acceptors (Lipinski definition) is 9. The van der Waals surface area contributed by atoms with Crippen LogP contribution in [0.3, 0.4) is 0 Å². The van der Waals surface area contributed by atoms with Crippen molar-refractivity contribution in [2.75, 3.05) is 25.0 Å². The SMILES string of the molecule is CCN(CC)CCCC(C)Nc1ccnc2cc(Cl)ccc12.O=C(O)c1cc2ccccc2c(Cc2c(O)c(C(=O)O)cc3ccccc23)c1O.O=S(=O)(O)O. The van der Waals surface area contributed by atoms with Crippen molar-refractivity contribution in [3.05, 3.63) is 118 Å². The van der Waals surface area contributed by atoms with Gasteiger partial charge in [0, 0.05) is 45.9 Å². The number of aromatic nitrogens is 1. The highest BCUT2D eigenvalue weighted by Crippen LogP contribution is 2.39. The number of pyridine rings is 1. The van der Waals surface area contributed by atoms with E-state index in [1.54, 1.807) is 48.5 Å². The number of carboxylic acids is 2. The predicted octanol–water partition coefficient (Wildman–Crippen LogP) is 8.55. The lowest BCUT2D eigenvalue weighted by Crippen LogP contribution is -2.25. The summed E-state index contributed by atoms with van der Waals surface area (Å²) < 4.78 is 31.6. The summed E-state index contributed by atoms with van der Waals surface area (Å²) in [5.74, 6) is -3.36. The zero-order chi connectivity index (χ0) is 41.2. The summed E-state index contributed by atoms with van der Waals surface area (Å²) in [6.45, 7) is 10.1. The Hall–Kier alpha value is -5.51. The molecule has 13 nitrogen and oxygen atoms in total. The Labute approximate surface area is 329 Å². The van der Waals surface area contributed by atoms with Gasteiger partial charge in [0.2, 0.25) is 0 Å². The van der Waals surface area contributed by atoms with E-state index in [0.717, 1.165) is 41.1 Å². The molecule has 0 saturated carbocycles. The van der Waals surface area contributed by atoms with Gasteiger partial charge in [-0.1, -0.05) is 74.0 Å². The number of aromatic hydroxyl groups is 2. The lowest BCUT2D eigenvalue weighted by molar-refractivity contribution is 0.0682. The summed E-state index contributed by atoms with van der Waals surface area (Å²) in [5, 5.41) is 48.3. The third kappa shape index (κ3) is 11.5. The normalized spacial score (nSPS) is 11.8. The van der Waals surface area contributed by atoms with Crippen molar-refractivity contribution in [3.8, 4) is 11.5 Å². The van der Waals surface area contributed by atoms with Crippen molar-refractivity contribution >= 4 is 72.1 Å². The molecule has 7 N–H and O–H groups in total. The summed E-state index contributed by atoms with van der Waals surface area (Å²) in [6, 6.07) is 25.1. The van der Waals surface area contributed by atoms with E-state index in [1.165, 1.54) is 25.1 Å². The van der Waals surface area contributed by atoms with E-state index >= 15 is 0 Å². The predicted molar refractivity (Wildman–Crippen MR) is 219 cm³/mol. The van der Waals surface area contributed by atoms with Crippen LogP contribution in [0.2, 0.25) is 5.02 Å². The lowest BCUT2D eigenvalue weighted by Gasteiger charge is -2.20. The van der Waals surface area contributed by atoms with Gasteiger partial charge in [0.25, 0.3) is 0 Å². The summed E-state index contributed by atoms with van der Waals surface area (Å²) in [4.78, 5) is 30.1. The van der Waals surface area contributed by atoms with Crippen LogP contribution in [0.15, 0.2) is 91.1 Å². The average Bonchev–Trinajstić information content (AvgIpc) is 3.14. The maximum absolute atomic E-state index is 11.6. The second kappa shape index (κ2) is 19.4. The number of halogens is 1. The maximum Gasteiger partial charge on any atom is 0.394 e. The van der Waals surface area contributed by atoms with Gasteiger partial charge >= 0.3 is 22.3 Å². The van der Waals surface area contributed by atoms with E-state index < -0.39 is 33.8 Å². The highest BCUT2D eigenvalue weighted by molar-refractivity contribution is 7.79. The number of phenols is 2. The molecule has 0 radical (unpaired) electrons. The molecular formula is C41H44ClN3O10S. The molecule has 5 aromatic carbocycles. The Morgan fingerprint density at radius 3 is 1.77 bits per heavy atom. The standard InChI is InChI=1S/C23H16O6.C18H26ClN3.H2O4S/c24-20-16(14-7-3-1-5-12(14)9-18(20)22(26)27)11-17-15-8-4-2-6-13(15)10-19(21(17)25)23(28)29;1-4-22(5-2)12-6-7-14(3)21-17-10-11-20-18-13-15(19)8-9-16(17)18;1-5(2,3)4/h1-10,24-25H,11H2,(H,26,27)(H,28,29);8-11,13-14H,4-7,12H2,1-3H3,(H,20,21);(H2,1,2,3,4). The number of aromatic carboxylic acids is 2. The molecule has 6 aromatic rings. The molecule has 1 aromatic heterocycles. The van der Waals surface area contributed by atoms with Gasteiger partial charge in [0.05, 0.1) is 5.52 Å². The third-order valence-electron chi connectivity index (χ3n) is 9.18. The Morgan fingerprint density at radius 2 is 1.29 bits per heavy atom. The summed E-state index contributed by atoms with van der Waals surface area (Å²) >= 11 is 6.04. The molecule has 15 heteroatoms. The fourth-order valence-electron chi connectivity index (χ4n) is 6.43. The zero-order valence-electron chi connectivity index (χ0n) is 31.0. The smallest absolute Gasteiger partial charge is 0.394 e. The van der Waals surface area contributed by atoms with E-state index in [1.807, 2.05) is 30.5 Å². The lowest BCUT2D eigenvalue weighted by atomic mass is 9.90. The van der Waals surface area contributed by atoms with Crippen LogP contribution in [0, 0.1) is 0 Å². The molecule has 0 fully saturated rings. The van der Waals surface area contributed by atoms with Gasteiger partial charge in [-0.15, -0.1) is 0 Å². The number of carbonyl (C=O) groups is 2. The first kappa shape index (κ1) is 43.2. The Balaban J connectivity index is 0.000000229. The van der Waals surface area contributed by atoms with Gasteiger partial charge in [-0.3, -0.25) is 14.1 Å². The van der Waals surface area contributed by atoms with E-state index in [4.69, 9.17) is 29.1 Å². The number of fused-ring (bicyclic) bond motifs is 3. The molecule has 1 heterocycles. The largest absolute Gasteiger partial charge is 0.507 e. The highest BCUT2D eigenvalue weighted by Gasteiger charge is 2.22. The molecule has 1 atom stereocenters. The molecule has 0 aliphatic carbocycles. The first-order valence-corrected chi connectivity index (χ1v) is 19.5. The molecule has 0 amide bonds. The highest BCUT2D eigenvalue weighted by atomic mass is 35.5. The number of rotatable bonds is 12. The monoisotopic (exact) mass is 805 g/mol. The van der Waals surface area contributed by atoms with Gasteiger partial charge in [-0.05, 0) is 97.3 Å². The van der Waals surface area contributed by atoms with Crippen molar-refractivity contribution in [3.63, 3.8) is 0 Å². The zero-order valence-corrected chi connectivity index (χ0v) is 32.5.